The lowest BCUT2D eigenvalue weighted by Crippen LogP contribution is -2.52. The van der Waals surface area contributed by atoms with Gasteiger partial charge in [-0.15, -0.1) is 0 Å². The molecule has 0 saturated carbocycles. The van der Waals surface area contributed by atoms with Gasteiger partial charge in [0.05, 0.1) is 23.8 Å². The van der Waals surface area contributed by atoms with Gasteiger partial charge in [-0.2, -0.15) is 10.2 Å². The third-order valence-corrected chi connectivity index (χ3v) is 6.60. The molecule has 0 bridgehead atoms. The van der Waals surface area contributed by atoms with Crippen molar-refractivity contribution in [3.05, 3.63) is 41.3 Å². The molecule has 2 aliphatic rings. The topological polar surface area (TPSA) is 82.3 Å². The fraction of sp³-hybridized carbons (Fsp3) is 0.478. The molecule has 0 aliphatic carbocycles. The Bertz CT molecular complexity index is 1180. The molecule has 2 aliphatic heterocycles. The predicted molar refractivity (Wildman–Crippen MR) is 115 cm³/mol. The number of Topliss-reactive ketones (excluding diaryl/α,β-unsaturated/α-hetero) is 1. The summed E-state index contributed by atoms with van der Waals surface area (Å²) in [4.78, 5) is 27.7. The van der Waals surface area contributed by atoms with Crippen molar-refractivity contribution in [3.63, 3.8) is 0 Å². The molecule has 4 heterocycles. The number of ether oxygens (including phenoxy) is 1. The molecule has 1 aromatic carbocycles. The van der Waals surface area contributed by atoms with E-state index in [9.17, 15) is 9.59 Å². The number of hydrogen-bond acceptors (Lipinski definition) is 5. The van der Waals surface area contributed by atoms with Gasteiger partial charge in [0.2, 0.25) is 0 Å². The quantitative estimate of drug-likeness (QED) is 0.649. The van der Waals surface area contributed by atoms with Crippen LogP contribution in [0.2, 0.25) is 0 Å². The van der Waals surface area contributed by atoms with Crippen LogP contribution in [0.5, 0.6) is 5.75 Å². The van der Waals surface area contributed by atoms with Crippen LogP contribution in [-0.4, -0.2) is 54.8 Å². The van der Waals surface area contributed by atoms with Gasteiger partial charge in [-0.1, -0.05) is 13.0 Å². The van der Waals surface area contributed by atoms with E-state index in [-0.39, 0.29) is 11.7 Å². The summed E-state index contributed by atoms with van der Waals surface area (Å²) in [6.45, 7) is 5.88. The molecule has 8 nitrogen and oxygen atoms in total. The Labute approximate surface area is 180 Å². The summed E-state index contributed by atoms with van der Waals surface area (Å²) in [5, 5.41) is 9.96. The molecule has 1 fully saturated rings. The number of hydrogen-bond donors (Lipinski definition) is 0. The van der Waals surface area contributed by atoms with E-state index >= 15 is 0 Å². The van der Waals surface area contributed by atoms with Crippen LogP contribution in [0.25, 0.3) is 10.9 Å². The lowest BCUT2D eigenvalue weighted by atomic mass is 9.83. The van der Waals surface area contributed by atoms with E-state index in [1.807, 2.05) is 41.8 Å². The summed E-state index contributed by atoms with van der Waals surface area (Å²) in [7, 11) is 1.91. The van der Waals surface area contributed by atoms with Crippen LogP contribution in [-0.2, 0) is 20.0 Å². The van der Waals surface area contributed by atoms with Crippen LogP contribution in [0, 0.1) is 0 Å². The number of piperidine rings is 1. The smallest absolute Gasteiger partial charge is 0.253 e. The maximum Gasteiger partial charge on any atom is 0.253 e. The van der Waals surface area contributed by atoms with E-state index in [2.05, 4.69) is 17.1 Å². The Kier molecular flexibility index (Phi) is 4.60. The van der Waals surface area contributed by atoms with E-state index in [1.54, 1.807) is 10.9 Å². The van der Waals surface area contributed by atoms with E-state index in [1.165, 1.54) is 0 Å². The Balaban J connectivity index is 1.32. The second kappa shape index (κ2) is 7.21. The van der Waals surface area contributed by atoms with Crippen molar-refractivity contribution in [1.29, 1.82) is 0 Å². The summed E-state index contributed by atoms with van der Waals surface area (Å²) in [6.07, 6.45) is 4.25. The van der Waals surface area contributed by atoms with Crippen molar-refractivity contribution in [1.82, 2.24) is 24.5 Å². The highest BCUT2D eigenvalue weighted by atomic mass is 16.5. The molecule has 2 aromatic heterocycles. The third kappa shape index (κ3) is 3.21. The van der Waals surface area contributed by atoms with Gasteiger partial charge in [0.15, 0.2) is 17.2 Å². The molecule has 1 amide bonds. The minimum atomic E-state index is -0.537. The lowest BCUT2D eigenvalue weighted by Gasteiger charge is -2.43. The van der Waals surface area contributed by atoms with Crippen molar-refractivity contribution < 1.29 is 14.3 Å². The van der Waals surface area contributed by atoms with E-state index in [0.717, 1.165) is 23.0 Å². The highest BCUT2D eigenvalue weighted by molar-refractivity contribution is 5.99. The summed E-state index contributed by atoms with van der Waals surface area (Å²) in [6, 6.07) is 5.82. The van der Waals surface area contributed by atoms with Crippen molar-refractivity contribution in [2.24, 2.45) is 7.05 Å². The average Bonchev–Trinajstić information content (AvgIpc) is 3.34. The second-order valence-corrected chi connectivity index (χ2v) is 8.53. The second-order valence-electron chi connectivity index (χ2n) is 8.53. The summed E-state index contributed by atoms with van der Waals surface area (Å²) < 4.78 is 9.86. The number of aryl methyl sites for hydroxylation is 3. The molecule has 0 unspecified atom stereocenters. The van der Waals surface area contributed by atoms with Gasteiger partial charge in [-0.05, 0) is 25.5 Å². The molecule has 162 valence electrons. The number of ketones is 1. The minimum absolute atomic E-state index is 0.0117. The van der Waals surface area contributed by atoms with E-state index < -0.39 is 5.60 Å². The molecular formula is C23H27N5O3. The number of fused-ring (bicyclic) bond motifs is 2. The number of carbonyl (C=O) groups is 2. The molecular weight excluding hydrogens is 394 g/mol. The van der Waals surface area contributed by atoms with Gasteiger partial charge in [0, 0.05) is 50.5 Å². The lowest BCUT2D eigenvalue weighted by molar-refractivity contribution is -0.00583. The first-order valence-electron chi connectivity index (χ1n) is 11.0. The molecule has 0 N–H and O–H groups in total. The third-order valence-electron chi connectivity index (χ3n) is 6.60. The van der Waals surface area contributed by atoms with Gasteiger partial charge in [0.25, 0.3) is 5.91 Å². The van der Waals surface area contributed by atoms with Crippen LogP contribution in [0.15, 0.2) is 24.4 Å². The Hall–Kier alpha value is -3.16. The van der Waals surface area contributed by atoms with Gasteiger partial charge in [0.1, 0.15) is 5.60 Å². The summed E-state index contributed by atoms with van der Waals surface area (Å²) in [5.41, 5.74) is 2.58. The SMILES string of the molecule is CCc1nn(C)c2cc(C(=O)N3CCC4(CC3)CC(=O)c3nn(CC)cc3O4)ccc12. The molecule has 5 rings (SSSR count). The minimum Gasteiger partial charge on any atom is -0.483 e. The zero-order valence-corrected chi connectivity index (χ0v) is 18.2. The van der Waals surface area contributed by atoms with Gasteiger partial charge >= 0.3 is 0 Å². The van der Waals surface area contributed by atoms with Crippen molar-refractivity contribution >= 4 is 22.6 Å². The maximum absolute atomic E-state index is 13.2. The fourth-order valence-corrected chi connectivity index (χ4v) is 4.78. The van der Waals surface area contributed by atoms with Gasteiger partial charge in [-0.3, -0.25) is 19.0 Å². The van der Waals surface area contributed by atoms with Gasteiger partial charge < -0.3 is 9.64 Å². The first kappa shape index (κ1) is 19.8. The van der Waals surface area contributed by atoms with Gasteiger partial charge in [-0.25, -0.2) is 0 Å². The number of likely N-dealkylation sites (tertiary alicyclic amines) is 1. The standard InChI is InChI=1S/C23H27N5O3/c1-4-17-16-7-6-15(12-18(16)26(3)24-17)22(30)27-10-8-23(9-11-27)13-19(29)21-20(31-23)14-28(5-2)25-21/h6-7,12,14H,4-5,8-11,13H2,1-3H3. The largest absolute Gasteiger partial charge is 0.483 e. The highest BCUT2D eigenvalue weighted by Gasteiger charge is 2.45. The number of carbonyl (C=O) groups excluding carboxylic acids is 2. The number of benzene rings is 1. The van der Waals surface area contributed by atoms with Crippen LogP contribution in [0.4, 0.5) is 0 Å². The molecule has 0 atom stereocenters. The van der Waals surface area contributed by atoms with E-state index in [4.69, 9.17) is 4.74 Å². The highest BCUT2D eigenvalue weighted by Crippen LogP contribution is 2.39. The molecule has 0 radical (unpaired) electrons. The molecule has 1 saturated heterocycles. The number of rotatable bonds is 3. The van der Waals surface area contributed by atoms with Crippen LogP contribution in [0.1, 0.15) is 59.7 Å². The number of nitrogens with zero attached hydrogens (tertiary/aromatic N) is 5. The zero-order valence-electron chi connectivity index (χ0n) is 18.2. The summed E-state index contributed by atoms with van der Waals surface area (Å²) >= 11 is 0. The Morgan fingerprint density at radius 2 is 1.97 bits per heavy atom. The van der Waals surface area contributed by atoms with Crippen molar-refractivity contribution in [2.45, 2.75) is 51.7 Å². The zero-order chi connectivity index (χ0) is 21.8. The van der Waals surface area contributed by atoms with Crippen molar-refractivity contribution in [3.8, 4) is 5.75 Å². The average molecular weight is 422 g/mol. The van der Waals surface area contributed by atoms with E-state index in [0.29, 0.717) is 55.9 Å². The van der Waals surface area contributed by atoms with Crippen molar-refractivity contribution in [2.75, 3.05) is 13.1 Å². The fourth-order valence-electron chi connectivity index (χ4n) is 4.78. The normalized spacial score (nSPS) is 17.8. The predicted octanol–water partition coefficient (Wildman–Crippen LogP) is 2.99. The molecule has 1 spiro atoms. The Morgan fingerprint density at radius 1 is 1.19 bits per heavy atom. The van der Waals surface area contributed by atoms with Crippen LogP contribution < -0.4 is 4.74 Å². The van der Waals surface area contributed by atoms with Crippen LogP contribution in [0.3, 0.4) is 0 Å². The molecule has 8 heteroatoms. The monoisotopic (exact) mass is 421 g/mol. The number of amides is 1. The number of aromatic nitrogens is 4. The molecule has 31 heavy (non-hydrogen) atoms. The molecule has 3 aromatic rings. The van der Waals surface area contributed by atoms with Crippen LogP contribution >= 0.6 is 0 Å². The Morgan fingerprint density at radius 3 is 2.68 bits per heavy atom. The summed E-state index contributed by atoms with van der Waals surface area (Å²) in [5.74, 6) is 0.616. The first-order chi connectivity index (χ1) is 14.9. The first-order valence-corrected chi connectivity index (χ1v) is 11.0. The maximum atomic E-state index is 13.2.